The largest absolute Gasteiger partial charge is 0.483 e. The Bertz CT molecular complexity index is 934. The quantitative estimate of drug-likeness (QED) is 0.370. The van der Waals surface area contributed by atoms with E-state index >= 15 is 0 Å². The normalized spacial score (nSPS) is 10.7. The first-order chi connectivity index (χ1) is 14.2. The van der Waals surface area contributed by atoms with E-state index in [2.05, 4.69) is 21.2 Å². The fraction of sp³-hybridized carbons (Fsp3) is 0.273. The molecule has 8 heteroatoms. The number of hydrazone groups is 1. The van der Waals surface area contributed by atoms with Gasteiger partial charge in [-0.1, -0.05) is 18.2 Å². The molecule has 3 N–H and O–H groups in total. The second kappa shape index (κ2) is 10.8. The van der Waals surface area contributed by atoms with Crippen molar-refractivity contribution in [2.45, 2.75) is 33.7 Å². The summed E-state index contributed by atoms with van der Waals surface area (Å²) in [5.74, 6) is -1.52. The van der Waals surface area contributed by atoms with E-state index in [0.29, 0.717) is 17.0 Å². The Balaban J connectivity index is 1.94. The highest BCUT2D eigenvalue weighted by Gasteiger charge is 2.13. The summed E-state index contributed by atoms with van der Waals surface area (Å²) in [6, 6.07) is 12.5. The van der Waals surface area contributed by atoms with Crippen LogP contribution in [0, 0.1) is 13.8 Å². The molecule has 0 unspecified atom stereocenters. The Hall–Kier alpha value is -3.68. The van der Waals surface area contributed by atoms with Crippen LogP contribution in [0.25, 0.3) is 0 Å². The van der Waals surface area contributed by atoms with Gasteiger partial charge in [0.15, 0.2) is 6.61 Å². The summed E-state index contributed by atoms with van der Waals surface area (Å²) < 4.78 is 5.59. The number of carbonyl (C=O) groups excluding carboxylic acids is 3. The number of nitrogens with one attached hydrogen (secondary N) is 3. The van der Waals surface area contributed by atoms with Gasteiger partial charge in [-0.25, -0.2) is 5.43 Å². The van der Waals surface area contributed by atoms with Crippen molar-refractivity contribution in [1.29, 1.82) is 0 Å². The third-order valence-electron chi connectivity index (χ3n) is 3.78. The third kappa shape index (κ3) is 7.38. The molecular formula is C22H26N4O4. The van der Waals surface area contributed by atoms with E-state index < -0.39 is 11.8 Å². The Morgan fingerprint density at radius 2 is 1.70 bits per heavy atom. The Labute approximate surface area is 175 Å². The number of benzene rings is 2. The van der Waals surface area contributed by atoms with Gasteiger partial charge in [-0.3, -0.25) is 14.4 Å². The minimum atomic E-state index is -0.869. The molecule has 2 aromatic carbocycles. The van der Waals surface area contributed by atoms with Crippen molar-refractivity contribution in [3.63, 3.8) is 0 Å². The predicted molar refractivity (Wildman–Crippen MR) is 115 cm³/mol. The van der Waals surface area contributed by atoms with Gasteiger partial charge in [0.1, 0.15) is 5.75 Å². The van der Waals surface area contributed by atoms with E-state index in [9.17, 15) is 14.4 Å². The van der Waals surface area contributed by atoms with Gasteiger partial charge in [-0.15, -0.1) is 0 Å². The van der Waals surface area contributed by atoms with Gasteiger partial charge in [0.05, 0.1) is 6.21 Å². The van der Waals surface area contributed by atoms with Crippen LogP contribution in [0.2, 0.25) is 0 Å². The number of carbonyl (C=O) groups is 3. The number of rotatable bonds is 7. The monoisotopic (exact) mass is 410 g/mol. The zero-order valence-corrected chi connectivity index (χ0v) is 17.5. The number of amides is 3. The van der Waals surface area contributed by atoms with Crippen LogP contribution in [-0.4, -0.2) is 36.6 Å². The first kappa shape index (κ1) is 22.6. The number of para-hydroxylation sites is 1. The van der Waals surface area contributed by atoms with Gasteiger partial charge in [-0.05, 0) is 63.1 Å². The number of anilines is 1. The van der Waals surface area contributed by atoms with Crippen molar-refractivity contribution in [2.75, 3.05) is 11.9 Å². The van der Waals surface area contributed by atoms with E-state index in [0.717, 1.165) is 11.1 Å². The molecule has 2 aromatic rings. The molecule has 2 rings (SSSR count). The summed E-state index contributed by atoms with van der Waals surface area (Å²) in [5.41, 5.74) is 5.51. The predicted octanol–water partition coefficient (Wildman–Crippen LogP) is 2.30. The highest BCUT2D eigenvalue weighted by atomic mass is 16.5. The van der Waals surface area contributed by atoms with Gasteiger partial charge in [0.25, 0.3) is 5.91 Å². The van der Waals surface area contributed by atoms with Crippen LogP contribution in [0.4, 0.5) is 5.69 Å². The number of hydrogen-bond donors (Lipinski definition) is 3. The summed E-state index contributed by atoms with van der Waals surface area (Å²) in [6.45, 7) is 7.22. The van der Waals surface area contributed by atoms with Crippen LogP contribution in [0.5, 0.6) is 5.75 Å². The smallest absolute Gasteiger partial charge is 0.329 e. The first-order valence-corrected chi connectivity index (χ1v) is 9.48. The number of hydrogen-bond acceptors (Lipinski definition) is 5. The molecule has 3 amide bonds. The van der Waals surface area contributed by atoms with Crippen molar-refractivity contribution >= 4 is 29.6 Å². The van der Waals surface area contributed by atoms with E-state index in [1.165, 1.54) is 6.21 Å². The zero-order chi connectivity index (χ0) is 22.1. The Morgan fingerprint density at radius 1 is 1.03 bits per heavy atom. The van der Waals surface area contributed by atoms with E-state index in [1.807, 2.05) is 32.0 Å². The number of nitrogens with zero attached hydrogens (tertiary/aromatic N) is 1. The maximum absolute atomic E-state index is 12.2. The zero-order valence-electron chi connectivity index (χ0n) is 17.5. The lowest BCUT2D eigenvalue weighted by atomic mass is 10.1. The first-order valence-electron chi connectivity index (χ1n) is 9.48. The fourth-order valence-electron chi connectivity index (χ4n) is 2.64. The minimum Gasteiger partial charge on any atom is -0.483 e. The lowest BCUT2D eigenvalue weighted by Crippen LogP contribution is -2.41. The number of ether oxygens (including phenoxy) is 1. The maximum Gasteiger partial charge on any atom is 0.329 e. The lowest BCUT2D eigenvalue weighted by molar-refractivity contribution is -0.139. The molecular weight excluding hydrogens is 384 g/mol. The van der Waals surface area contributed by atoms with Gasteiger partial charge >= 0.3 is 11.8 Å². The van der Waals surface area contributed by atoms with Crippen LogP contribution in [0.15, 0.2) is 47.6 Å². The highest BCUT2D eigenvalue weighted by Crippen LogP contribution is 2.17. The minimum absolute atomic E-state index is 0.156. The Morgan fingerprint density at radius 3 is 2.37 bits per heavy atom. The number of aryl methyl sites for hydroxylation is 2. The molecule has 0 atom stereocenters. The van der Waals surface area contributed by atoms with Gasteiger partial charge < -0.3 is 15.4 Å². The van der Waals surface area contributed by atoms with Crippen molar-refractivity contribution in [1.82, 2.24) is 10.7 Å². The van der Waals surface area contributed by atoms with Gasteiger partial charge in [0.2, 0.25) is 0 Å². The molecule has 158 valence electrons. The molecule has 8 nitrogen and oxygen atoms in total. The van der Waals surface area contributed by atoms with E-state index in [-0.39, 0.29) is 18.6 Å². The second-order valence-electron chi connectivity index (χ2n) is 7.08. The van der Waals surface area contributed by atoms with Crippen LogP contribution in [0.1, 0.15) is 30.5 Å². The Kier molecular flexibility index (Phi) is 8.10. The molecule has 0 spiro atoms. The molecule has 30 heavy (non-hydrogen) atoms. The summed E-state index contributed by atoms with van der Waals surface area (Å²) in [6.07, 6.45) is 1.34. The SMILES string of the molecule is Cc1cc(C)cc(NC(=O)COc2ccccc2/C=N\NC(=O)C(=O)NC(C)C)c1. The topological polar surface area (TPSA) is 109 Å². The third-order valence-corrected chi connectivity index (χ3v) is 3.78. The van der Waals surface area contributed by atoms with E-state index in [4.69, 9.17) is 4.74 Å². The van der Waals surface area contributed by atoms with Gasteiger partial charge in [-0.2, -0.15) is 5.10 Å². The molecule has 0 aliphatic carbocycles. The molecule has 0 heterocycles. The standard InChI is InChI=1S/C22H26N4O4/c1-14(2)24-21(28)22(29)26-23-12-17-7-5-6-8-19(17)30-13-20(27)25-18-10-15(3)9-16(4)11-18/h5-12,14H,13H2,1-4H3,(H,24,28)(H,25,27)(H,26,29)/b23-12-. The summed E-state index contributed by atoms with van der Waals surface area (Å²) in [4.78, 5) is 35.4. The van der Waals surface area contributed by atoms with Crippen LogP contribution >= 0.6 is 0 Å². The van der Waals surface area contributed by atoms with Crippen molar-refractivity contribution in [3.05, 3.63) is 59.2 Å². The van der Waals surface area contributed by atoms with Crippen LogP contribution in [0.3, 0.4) is 0 Å². The molecule has 0 aliphatic rings. The summed E-state index contributed by atoms with van der Waals surface area (Å²) in [7, 11) is 0. The molecule has 0 fully saturated rings. The molecule has 0 aromatic heterocycles. The lowest BCUT2D eigenvalue weighted by Gasteiger charge is -2.10. The second-order valence-corrected chi connectivity index (χ2v) is 7.08. The molecule has 0 aliphatic heterocycles. The molecule has 0 saturated carbocycles. The van der Waals surface area contributed by atoms with Crippen molar-refractivity contribution < 1.29 is 19.1 Å². The highest BCUT2D eigenvalue weighted by molar-refractivity contribution is 6.35. The average molecular weight is 410 g/mol. The molecule has 0 radical (unpaired) electrons. The molecule has 0 saturated heterocycles. The fourth-order valence-corrected chi connectivity index (χ4v) is 2.64. The van der Waals surface area contributed by atoms with E-state index in [1.54, 1.807) is 38.1 Å². The van der Waals surface area contributed by atoms with Crippen LogP contribution in [-0.2, 0) is 14.4 Å². The molecule has 0 bridgehead atoms. The van der Waals surface area contributed by atoms with Gasteiger partial charge in [0, 0.05) is 17.3 Å². The summed E-state index contributed by atoms with van der Waals surface area (Å²) in [5, 5.41) is 9.05. The maximum atomic E-state index is 12.2. The average Bonchev–Trinajstić information content (AvgIpc) is 2.65. The van der Waals surface area contributed by atoms with Crippen molar-refractivity contribution in [3.8, 4) is 5.75 Å². The summed E-state index contributed by atoms with van der Waals surface area (Å²) >= 11 is 0. The van der Waals surface area contributed by atoms with Crippen LogP contribution < -0.4 is 20.8 Å². The van der Waals surface area contributed by atoms with Crippen molar-refractivity contribution in [2.24, 2.45) is 5.10 Å².